The number of hydrogen-bond acceptors (Lipinski definition) is 5. The Morgan fingerprint density at radius 1 is 1.56 bits per heavy atom. The van der Waals surface area contributed by atoms with Gasteiger partial charge in [0.25, 0.3) is 5.91 Å². The van der Waals surface area contributed by atoms with Crippen LogP contribution in [0.2, 0.25) is 0 Å². The van der Waals surface area contributed by atoms with Gasteiger partial charge in [0.1, 0.15) is 4.88 Å². The summed E-state index contributed by atoms with van der Waals surface area (Å²) in [5.41, 5.74) is 0. The molecule has 18 heavy (non-hydrogen) atoms. The summed E-state index contributed by atoms with van der Waals surface area (Å²) < 4.78 is 0. The summed E-state index contributed by atoms with van der Waals surface area (Å²) in [6, 6.07) is -0.0675. The Kier molecular flexibility index (Phi) is 6.11. The van der Waals surface area contributed by atoms with Gasteiger partial charge < -0.3 is 10.4 Å². The molecule has 0 aromatic carbocycles. The average Bonchev–Trinajstić information content (AvgIpc) is 2.79. The minimum Gasteiger partial charge on any atom is -0.395 e. The number of carbonyl (C=O) groups is 1. The number of carbonyl (C=O) groups excluding carboxylic acids is 1. The second-order valence-electron chi connectivity index (χ2n) is 4.44. The van der Waals surface area contributed by atoms with Crippen LogP contribution in [-0.2, 0) is 0 Å². The molecule has 1 aromatic heterocycles. The number of nitrogens with one attached hydrogen (secondary N) is 1. The lowest BCUT2D eigenvalue weighted by molar-refractivity contribution is 0.0940. The summed E-state index contributed by atoms with van der Waals surface area (Å²) in [5.74, 6) is 0.227. The molecular formula is C12H20N2O2S2. The van der Waals surface area contributed by atoms with Gasteiger partial charge in [-0.1, -0.05) is 13.8 Å². The first-order chi connectivity index (χ1) is 8.49. The molecule has 1 aromatic rings. The summed E-state index contributed by atoms with van der Waals surface area (Å²) in [6.07, 6.45) is 3.54. The molecule has 1 amide bonds. The van der Waals surface area contributed by atoms with Crippen molar-refractivity contribution in [2.45, 2.75) is 38.0 Å². The lowest BCUT2D eigenvalue weighted by atomic mass is 10.2. The van der Waals surface area contributed by atoms with Gasteiger partial charge in [-0.2, -0.15) is 11.8 Å². The van der Waals surface area contributed by atoms with Crippen molar-refractivity contribution in [2.24, 2.45) is 0 Å². The molecule has 0 saturated carbocycles. The largest absolute Gasteiger partial charge is 0.395 e. The van der Waals surface area contributed by atoms with Crippen molar-refractivity contribution in [1.29, 1.82) is 0 Å². The van der Waals surface area contributed by atoms with E-state index in [9.17, 15) is 9.90 Å². The molecule has 0 saturated heterocycles. The zero-order chi connectivity index (χ0) is 13.7. The molecule has 0 aliphatic rings. The third kappa shape index (κ3) is 3.96. The Morgan fingerprint density at radius 2 is 2.22 bits per heavy atom. The van der Waals surface area contributed by atoms with Gasteiger partial charge in [-0.3, -0.25) is 4.79 Å². The van der Waals surface area contributed by atoms with E-state index >= 15 is 0 Å². The summed E-state index contributed by atoms with van der Waals surface area (Å²) in [6.45, 7) is 6.07. The molecule has 4 nitrogen and oxygen atoms in total. The van der Waals surface area contributed by atoms with E-state index in [4.69, 9.17) is 0 Å². The van der Waals surface area contributed by atoms with Crippen molar-refractivity contribution in [3.8, 4) is 0 Å². The second-order valence-corrected chi connectivity index (χ2v) is 6.58. The quantitative estimate of drug-likeness (QED) is 0.841. The normalized spacial score (nSPS) is 14.6. The standard InChI is InChI=1S/C12H20N2O2S2/c1-7(2)12-13-5-9(18-12)11(16)14-8(3)10(6-15)17-4/h5,7-8,10,15H,6H2,1-4H3,(H,14,16). The average molecular weight is 288 g/mol. The van der Waals surface area contributed by atoms with Crippen LogP contribution in [-0.4, -0.2) is 40.2 Å². The molecule has 0 fully saturated rings. The molecule has 2 atom stereocenters. The Bertz CT molecular complexity index is 389. The lowest BCUT2D eigenvalue weighted by Crippen LogP contribution is -2.40. The third-order valence-electron chi connectivity index (χ3n) is 2.64. The molecule has 0 bridgehead atoms. The molecule has 2 N–H and O–H groups in total. The van der Waals surface area contributed by atoms with Crippen LogP contribution in [0.3, 0.4) is 0 Å². The van der Waals surface area contributed by atoms with Gasteiger partial charge in [0.05, 0.1) is 17.8 Å². The first-order valence-corrected chi connectivity index (χ1v) is 8.00. The first kappa shape index (κ1) is 15.5. The number of aliphatic hydroxyl groups excluding tert-OH is 1. The number of thiazole rings is 1. The van der Waals surface area contributed by atoms with Crippen LogP contribution in [0, 0.1) is 0 Å². The molecule has 0 aliphatic carbocycles. The topological polar surface area (TPSA) is 62.2 Å². The van der Waals surface area contributed by atoms with E-state index in [1.54, 1.807) is 18.0 Å². The van der Waals surface area contributed by atoms with E-state index in [0.717, 1.165) is 5.01 Å². The maximum absolute atomic E-state index is 12.0. The zero-order valence-corrected chi connectivity index (χ0v) is 12.8. The van der Waals surface area contributed by atoms with E-state index < -0.39 is 0 Å². The zero-order valence-electron chi connectivity index (χ0n) is 11.1. The van der Waals surface area contributed by atoms with Gasteiger partial charge in [-0.15, -0.1) is 11.3 Å². The van der Waals surface area contributed by atoms with E-state index in [1.165, 1.54) is 11.3 Å². The molecule has 102 valence electrons. The van der Waals surface area contributed by atoms with Gasteiger partial charge in [0.2, 0.25) is 0 Å². The Balaban J connectivity index is 2.64. The van der Waals surface area contributed by atoms with Crippen molar-refractivity contribution in [1.82, 2.24) is 10.3 Å². The van der Waals surface area contributed by atoms with Gasteiger partial charge >= 0.3 is 0 Å². The van der Waals surface area contributed by atoms with Gasteiger partial charge in [-0.05, 0) is 13.2 Å². The molecule has 0 radical (unpaired) electrons. The molecule has 1 rings (SSSR count). The number of rotatable bonds is 6. The van der Waals surface area contributed by atoms with Crippen molar-refractivity contribution in [2.75, 3.05) is 12.9 Å². The van der Waals surface area contributed by atoms with E-state index in [0.29, 0.717) is 10.8 Å². The monoisotopic (exact) mass is 288 g/mol. The molecule has 0 spiro atoms. The summed E-state index contributed by atoms with van der Waals surface area (Å²) >= 11 is 2.97. The minimum absolute atomic E-state index is 0.0199. The fraction of sp³-hybridized carbons (Fsp3) is 0.667. The van der Waals surface area contributed by atoms with Crippen molar-refractivity contribution < 1.29 is 9.90 Å². The van der Waals surface area contributed by atoms with Crippen LogP contribution >= 0.6 is 23.1 Å². The Hall–Kier alpha value is -0.590. The van der Waals surface area contributed by atoms with Crippen molar-refractivity contribution >= 4 is 29.0 Å². The van der Waals surface area contributed by atoms with E-state index in [1.807, 2.05) is 13.2 Å². The van der Waals surface area contributed by atoms with Crippen LogP contribution in [0.15, 0.2) is 6.20 Å². The van der Waals surface area contributed by atoms with Gasteiger partial charge in [0, 0.05) is 17.2 Å². The predicted octanol–water partition coefficient (Wildman–Crippen LogP) is 2.11. The van der Waals surface area contributed by atoms with Crippen LogP contribution in [0.1, 0.15) is 41.4 Å². The minimum atomic E-state index is -0.112. The number of thioether (sulfide) groups is 1. The molecule has 0 aliphatic heterocycles. The lowest BCUT2D eigenvalue weighted by Gasteiger charge is -2.20. The SMILES string of the molecule is CSC(CO)C(C)NC(=O)c1cnc(C(C)C)s1. The predicted molar refractivity (Wildman–Crippen MR) is 77.5 cm³/mol. The van der Waals surface area contributed by atoms with Crippen LogP contribution in [0.5, 0.6) is 0 Å². The van der Waals surface area contributed by atoms with Crippen LogP contribution in [0.25, 0.3) is 0 Å². The first-order valence-electron chi connectivity index (χ1n) is 5.89. The van der Waals surface area contributed by atoms with E-state index in [-0.39, 0.29) is 23.8 Å². The molecule has 2 unspecified atom stereocenters. The molecular weight excluding hydrogens is 268 g/mol. The fourth-order valence-corrected chi connectivity index (χ4v) is 2.92. The number of aliphatic hydroxyl groups is 1. The molecule has 6 heteroatoms. The molecule has 1 heterocycles. The summed E-state index contributed by atoms with van der Waals surface area (Å²) in [4.78, 5) is 16.9. The van der Waals surface area contributed by atoms with Gasteiger partial charge in [0.15, 0.2) is 0 Å². The second kappa shape index (κ2) is 7.11. The Labute approximate surface area is 116 Å². The van der Waals surface area contributed by atoms with E-state index in [2.05, 4.69) is 24.1 Å². The Morgan fingerprint density at radius 3 is 2.67 bits per heavy atom. The van der Waals surface area contributed by atoms with Gasteiger partial charge in [-0.25, -0.2) is 4.98 Å². The maximum atomic E-state index is 12.0. The third-order valence-corrected chi connectivity index (χ3v) is 5.10. The summed E-state index contributed by atoms with van der Waals surface area (Å²) in [5, 5.41) is 13.1. The smallest absolute Gasteiger partial charge is 0.263 e. The number of nitrogens with zero attached hydrogens (tertiary/aromatic N) is 1. The van der Waals surface area contributed by atoms with Crippen molar-refractivity contribution in [3.05, 3.63) is 16.1 Å². The maximum Gasteiger partial charge on any atom is 0.263 e. The number of amides is 1. The highest BCUT2D eigenvalue weighted by atomic mass is 32.2. The fourth-order valence-electron chi connectivity index (χ4n) is 1.47. The highest BCUT2D eigenvalue weighted by Crippen LogP contribution is 2.21. The highest BCUT2D eigenvalue weighted by molar-refractivity contribution is 7.99. The number of hydrogen-bond donors (Lipinski definition) is 2. The number of aromatic nitrogens is 1. The van der Waals surface area contributed by atoms with Crippen LogP contribution < -0.4 is 5.32 Å². The highest BCUT2D eigenvalue weighted by Gasteiger charge is 2.19. The van der Waals surface area contributed by atoms with Crippen LogP contribution in [0.4, 0.5) is 0 Å². The van der Waals surface area contributed by atoms with Crippen molar-refractivity contribution in [3.63, 3.8) is 0 Å². The summed E-state index contributed by atoms with van der Waals surface area (Å²) in [7, 11) is 0.